The van der Waals surface area contributed by atoms with Gasteiger partial charge in [-0.25, -0.2) is 0 Å². The number of rotatable bonds is 7. The number of ether oxygens (including phenoxy) is 1. The SMILES string of the molecule is C=CCOc1ccc(/C(O)=C2/C(=O)C(=O)N(Cc3ccco3)C2c2ccncc2)cc1. The lowest BCUT2D eigenvalue weighted by atomic mass is 9.96. The summed E-state index contributed by atoms with van der Waals surface area (Å²) in [4.78, 5) is 31.2. The summed E-state index contributed by atoms with van der Waals surface area (Å²) in [6.07, 6.45) is 6.29. The topological polar surface area (TPSA) is 92.9 Å². The van der Waals surface area contributed by atoms with Crippen molar-refractivity contribution >= 4 is 17.4 Å². The fraction of sp³-hybridized carbons (Fsp3) is 0.125. The molecule has 0 saturated carbocycles. The number of amides is 1. The van der Waals surface area contributed by atoms with Crippen LogP contribution in [0.4, 0.5) is 0 Å². The summed E-state index contributed by atoms with van der Waals surface area (Å²) in [5.74, 6) is -0.578. The van der Waals surface area contributed by atoms with E-state index < -0.39 is 17.7 Å². The minimum atomic E-state index is -0.773. The molecule has 0 spiro atoms. The van der Waals surface area contributed by atoms with Crippen molar-refractivity contribution in [2.45, 2.75) is 12.6 Å². The second-order valence-electron chi connectivity index (χ2n) is 6.91. The quantitative estimate of drug-likeness (QED) is 0.272. The number of carbonyl (C=O) groups excluding carboxylic acids is 2. The smallest absolute Gasteiger partial charge is 0.296 e. The second kappa shape index (κ2) is 8.71. The van der Waals surface area contributed by atoms with E-state index in [1.165, 1.54) is 11.2 Å². The van der Waals surface area contributed by atoms with Crippen LogP contribution < -0.4 is 4.74 Å². The van der Waals surface area contributed by atoms with E-state index in [1.54, 1.807) is 67.0 Å². The maximum Gasteiger partial charge on any atom is 0.296 e. The van der Waals surface area contributed by atoms with Gasteiger partial charge in [0.2, 0.25) is 0 Å². The molecular weight excluding hydrogens is 396 g/mol. The maximum atomic E-state index is 13.0. The number of Topliss-reactive ketones (excluding diaryl/α,β-unsaturated/α-hetero) is 1. The Morgan fingerprint density at radius 2 is 1.90 bits per heavy atom. The number of pyridine rings is 1. The standard InChI is InChI=1S/C24H20N2O5/c1-2-13-30-18-7-5-17(6-8-18)22(27)20-21(16-9-11-25-12-10-16)26(24(29)23(20)28)15-19-4-3-14-31-19/h2-12,14,21,27H,1,13,15H2/b22-20-. The minimum Gasteiger partial charge on any atom is -0.507 e. The normalized spacial score (nSPS) is 17.7. The highest BCUT2D eigenvalue weighted by Crippen LogP contribution is 2.40. The largest absolute Gasteiger partial charge is 0.507 e. The molecule has 0 aliphatic carbocycles. The molecule has 156 valence electrons. The molecule has 4 rings (SSSR count). The lowest BCUT2D eigenvalue weighted by molar-refractivity contribution is -0.140. The molecule has 0 bridgehead atoms. The highest BCUT2D eigenvalue weighted by atomic mass is 16.5. The van der Waals surface area contributed by atoms with Gasteiger partial charge in [-0.2, -0.15) is 0 Å². The van der Waals surface area contributed by atoms with Crippen molar-refractivity contribution in [2.24, 2.45) is 0 Å². The van der Waals surface area contributed by atoms with E-state index in [0.717, 1.165) is 0 Å². The van der Waals surface area contributed by atoms with Crippen molar-refractivity contribution in [3.05, 3.63) is 102 Å². The highest BCUT2D eigenvalue weighted by Gasteiger charge is 2.46. The molecule has 1 aliphatic rings. The molecule has 1 fully saturated rings. The number of aliphatic hydroxyl groups excluding tert-OH is 1. The van der Waals surface area contributed by atoms with Crippen molar-refractivity contribution in [3.63, 3.8) is 0 Å². The second-order valence-corrected chi connectivity index (χ2v) is 6.91. The van der Waals surface area contributed by atoms with Crippen molar-refractivity contribution in [1.29, 1.82) is 0 Å². The first-order valence-electron chi connectivity index (χ1n) is 9.65. The first-order chi connectivity index (χ1) is 15.1. The molecule has 1 atom stereocenters. The van der Waals surface area contributed by atoms with Gasteiger partial charge in [0, 0.05) is 18.0 Å². The Balaban J connectivity index is 1.77. The molecule has 1 unspecified atom stereocenters. The minimum absolute atomic E-state index is 0.0162. The average Bonchev–Trinajstić information content (AvgIpc) is 3.40. The van der Waals surface area contributed by atoms with E-state index in [4.69, 9.17) is 9.15 Å². The van der Waals surface area contributed by atoms with Gasteiger partial charge in [-0.05, 0) is 54.1 Å². The summed E-state index contributed by atoms with van der Waals surface area (Å²) < 4.78 is 10.8. The Labute approximate surface area is 178 Å². The summed E-state index contributed by atoms with van der Waals surface area (Å²) in [5, 5.41) is 11.0. The lowest BCUT2D eigenvalue weighted by Crippen LogP contribution is -2.29. The zero-order chi connectivity index (χ0) is 21.8. The molecule has 7 nitrogen and oxygen atoms in total. The Morgan fingerprint density at radius 1 is 1.16 bits per heavy atom. The van der Waals surface area contributed by atoms with Crippen molar-refractivity contribution in [3.8, 4) is 5.75 Å². The third-order valence-electron chi connectivity index (χ3n) is 4.96. The van der Waals surface area contributed by atoms with E-state index >= 15 is 0 Å². The number of nitrogens with zero attached hydrogens (tertiary/aromatic N) is 2. The first kappa shape index (κ1) is 20.2. The molecule has 1 N–H and O–H groups in total. The highest BCUT2D eigenvalue weighted by molar-refractivity contribution is 6.46. The number of likely N-dealkylation sites (tertiary alicyclic amines) is 1. The number of furan rings is 1. The molecule has 3 heterocycles. The molecular formula is C24H20N2O5. The van der Waals surface area contributed by atoms with Gasteiger partial charge in [0.05, 0.1) is 24.4 Å². The number of ketones is 1. The summed E-state index contributed by atoms with van der Waals surface area (Å²) in [6, 6.07) is 12.7. The van der Waals surface area contributed by atoms with Gasteiger partial charge in [-0.1, -0.05) is 12.7 Å². The van der Waals surface area contributed by atoms with Crippen molar-refractivity contribution < 1.29 is 23.8 Å². The van der Waals surface area contributed by atoms with Crippen LogP contribution in [0.15, 0.2) is 89.8 Å². The van der Waals surface area contributed by atoms with Crippen LogP contribution in [-0.2, 0) is 16.1 Å². The molecule has 1 aliphatic heterocycles. The maximum absolute atomic E-state index is 13.0. The third kappa shape index (κ3) is 3.98. The molecule has 1 saturated heterocycles. The van der Waals surface area contributed by atoms with Gasteiger partial charge in [0.15, 0.2) is 0 Å². The Morgan fingerprint density at radius 3 is 2.55 bits per heavy atom. The Bertz CT molecular complexity index is 1120. The summed E-state index contributed by atoms with van der Waals surface area (Å²) in [6.45, 7) is 4.05. The summed E-state index contributed by atoms with van der Waals surface area (Å²) in [5.41, 5.74) is 1.08. The first-order valence-corrected chi connectivity index (χ1v) is 9.65. The van der Waals surface area contributed by atoms with E-state index in [9.17, 15) is 14.7 Å². The van der Waals surface area contributed by atoms with Crippen LogP contribution in [0.3, 0.4) is 0 Å². The molecule has 7 heteroatoms. The van der Waals surface area contributed by atoms with Crippen LogP contribution in [-0.4, -0.2) is 33.3 Å². The number of aromatic nitrogens is 1. The lowest BCUT2D eigenvalue weighted by Gasteiger charge is -2.24. The van der Waals surface area contributed by atoms with Gasteiger partial charge >= 0.3 is 0 Å². The van der Waals surface area contributed by atoms with Gasteiger partial charge in [0.25, 0.3) is 11.7 Å². The summed E-state index contributed by atoms with van der Waals surface area (Å²) >= 11 is 0. The number of hydrogen-bond acceptors (Lipinski definition) is 6. The monoisotopic (exact) mass is 416 g/mol. The molecule has 2 aromatic heterocycles. The third-order valence-corrected chi connectivity index (χ3v) is 4.96. The predicted molar refractivity (Wildman–Crippen MR) is 113 cm³/mol. The average molecular weight is 416 g/mol. The van der Waals surface area contributed by atoms with E-state index in [-0.39, 0.29) is 17.9 Å². The van der Waals surface area contributed by atoms with Gasteiger partial charge < -0.3 is 19.2 Å². The van der Waals surface area contributed by atoms with Crippen LogP contribution in [0, 0.1) is 0 Å². The fourth-order valence-corrected chi connectivity index (χ4v) is 3.53. The molecule has 3 aromatic rings. The molecule has 0 radical (unpaired) electrons. The number of benzene rings is 1. The van der Waals surface area contributed by atoms with Crippen LogP contribution in [0.1, 0.15) is 22.9 Å². The number of carbonyl (C=O) groups is 2. The van der Waals surface area contributed by atoms with Gasteiger partial charge in [-0.15, -0.1) is 0 Å². The number of hydrogen-bond donors (Lipinski definition) is 1. The van der Waals surface area contributed by atoms with Gasteiger partial charge in [-0.3, -0.25) is 14.6 Å². The van der Waals surface area contributed by atoms with E-state index in [0.29, 0.717) is 29.2 Å². The zero-order valence-corrected chi connectivity index (χ0v) is 16.6. The van der Waals surface area contributed by atoms with Crippen molar-refractivity contribution in [2.75, 3.05) is 6.61 Å². The Hall–Kier alpha value is -4.13. The van der Waals surface area contributed by atoms with Crippen molar-refractivity contribution in [1.82, 2.24) is 9.88 Å². The van der Waals surface area contributed by atoms with Crippen LogP contribution in [0.25, 0.3) is 5.76 Å². The van der Waals surface area contributed by atoms with Crippen LogP contribution in [0.2, 0.25) is 0 Å². The number of aliphatic hydroxyl groups is 1. The summed E-state index contributed by atoms with van der Waals surface area (Å²) in [7, 11) is 0. The Kier molecular flexibility index (Phi) is 5.66. The fourth-order valence-electron chi connectivity index (χ4n) is 3.53. The van der Waals surface area contributed by atoms with E-state index in [1.807, 2.05) is 0 Å². The van der Waals surface area contributed by atoms with Gasteiger partial charge in [0.1, 0.15) is 23.9 Å². The zero-order valence-electron chi connectivity index (χ0n) is 16.6. The van der Waals surface area contributed by atoms with Crippen LogP contribution >= 0.6 is 0 Å². The van der Waals surface area contributed by atoms with E-state index in [2.05, 4.69) is 11.6 Å². The molecule has 1 aromatic carbocycles. The van der Waals surface area contributed by atoms with Crippen LogP contribution in [0.5, 0.6) is 5.75 Å². The molecule has 1 amide bonds. The predicted octanol–water partition coefficient (Wildman–Crippen LogP) is 3.86. The molecule has 31 heavy (non-hydrogen) atoms.